The summed E-state index contributed by atoms with van der Waals surface area (Å²) in [5.74, 6) is 0.220. The molecule has 1 aliphatic heterocycles. The number of carbonyl (C=O) groups excluding carboxylic acids is 2. The second-order valence-corrected chi connectivity index (χ2v) is 7.77. The zero-order valence-electron chi connectivity index (χ0n) is 13.6. The maximum atomic E-state index is 12.5. The molecule has 8 heteroatoms. The topological polar surface area (TPSA) is 62.3 Å². The molecule has 0 unspecified atom stereocenters. The van der Waals surface area contributed by atoms with Gasteiger partial charge in [0.2, 0.25) is 0 Å². The van der Waals surface area contributed by atoms with Crippen LogP contribution in [-0.2, 0) is 0 Å². The number of thiazole rings is 1. The molecule has 1 aromatic carbocycles. The van der Waals surface area contributed by atoms with E-state index in [0.29, 0.717) is 32.4 Å². The number of carbonyl (C=O) groups is 2. The Morgan fingerprint density at radius 1 is 1.24 bits per heavy atom. The molecule has 1 N–H and O–H groups in total. The maximum absolute atomic E-state index is 12.5. The average Bonchev–Trinajstić information content (AvgIpc) is 3.05. The number of aromatic nitrogens is 1. The van der Waals surface area contributed by atoms with Gasteiger partial charge in [-0.2, -0.15) is 0 Å². The molecule has 0 atom stereocenters. The van der Waals surface area contributed by atoms with Gasteiger partial charge >= 0.3 is 0 Å². The number of amides is 2. The number of nitrogens with one attached hydrogen (secondary N) is 1. The van der Waals surface area contributed by atoms with Gasteiger partial charge in [-0.3, -0.25) is 14.9 Å². The van der Waals surface area contributed by atoms with Crippen molar-refractivity contribution in [2.24, 2.45) is 5.92 Å². The second kappa shape index (κ2) is 7.72. The van der Waals surface area contributed by atoms with Crippen molar-refractivity contribution in [1.29, 1.82) is 0 Å². The summed E-state index contributed by atoms with van der Waals surface area (Å²) in [7, 11) is 0. The van der Waals surface area contributed by atoms with Crippen molar-refractivity contribution < 1.29 is 9.59 Å². The molecule has 0 bridgehead atoms. The summed E-state index contributed by atoms with van der Waals surface area (Å²) in [5, 5.41) is 5.43. The zero-order chi connectivity index (χ0) is 18.0. The van der Waals surface area contributed by atoms with E-state index in [1.54, 1.807) is 17.5 Å². The van der Waals surface area contributed by atoms with Crippen LogP contribution in [0.15, 0.2) is 23.6 Å². The third kappa shape index (κ3) is 4.32. The van der Waals surface area contributed by atoms with E-state index < -0.39 is 0 Å². The fourth-order valence-corrected chi connectivity index (χ4v) is 3.59. The van der Waals surface area contributed by atoms with E-state index in [9.17, 15) is 9.59 Å². The summed E-state index contributed by atoms with van der Waals surface area (Å²) in [4.78, 5) is 30.8. The van der Waals surface area contributed by atoms with Gasteiger partial charge in [-0.05, 0) is 37.0 Å². The first kappa shape index (κ1) is 18.2. The number of benzene rings is 1. The van der Waals surface area contributed by atoms with Crippen LogP contribution in [0.1, 0.15) is 40.6 Å². The average molecular weight is 398 g/mol. The smallest absolute Gasteiger partial charge is 0.273 e. The van der Waals surface area contributed by atoms with E-state index in [4.69, 9.17) is 23.2 Å². The summed E-state index contributed by atoms with van der Waals surface area (Å²) in [6.07, 6.45) is 2.02. The zero-order valence-corrected chi connectivity index (χ0v) is 15.9. The van der Waals surface area contributed by atoms with Crippen LogP contribution in [-0.4, -0.2) is 34.8 Å². The minimum absolute atomic E-state index is 0.0850. The molecule has 25 heavy (non-hydrogen) atoms. The molecule has 5 nitrogen and oxygen atoms in total. The molecule has 1 fully saturated rings. The van der Waals surface area contributed by atoms with Crippen LogP contribution in [0, 0.1) is 5.92 Å². The van der Waals surface area contributed by atoms with E-state index in [-0.39, 0.29) is 11.8 Å². The molecule has 0 aliphatic carbocycles. The highest BCUT2D eigenvalue weighted by Gasteiger charge is 2.23. The fourth-order valence-electron chi connectivity index (χ4n) is 2.61. The Kier molecular flexibility index (Phi) is 5.61. The summed E-state index contributed by atoms with van der Waals surface area (Å²) in [6, 6.07) is 4.64. The Morgan fingerprint density at radius 3 is 2.64 bits per heavy atom. The molecule has 0 saturated carbocycles. The predicted molar refractivity (Wildman–Crippen MR) is 101 cm³/mol. The van der Waals surface area contributed by atoms with E-state index in [1.807, 2.05) is 4.90 Å². The van der Waals surface area contributed by atoms with Gasteiger partial charge in [0, 0.05) is 24.0 Å². The molecule has 1 aliphatic rings. The highest BCUT2D eigenvalue weighted by atomic mass is 35.5. The Labute approximate surface area is 160 Å². The first-order valence-corrected chi connectivity index (χ1v) is 9.59. The third-order valence-electron chi connectivity index (χ3n) is 4.20. The van der Waals surface area contributed by atoms with Gasteiger partial charge in [0.1, 0.15) is 5.69 Å². The van der Waals surface area contributed by atoms with Crippen molar-refractivity contribution in [3.63, 3.8) is 0 Å². The van der Waals surface area contributed by atoms with Gasteiger partial charge < -0.3 is 4.90 Å². The standard InChI is InChI=1S/C17H17Cl2N3O2S/c1-10-4-6-22(7-5-10)16(24)14-9-25-17(20-14)21-15(23)11-2-3-12(18)13(19)8-11/h2-3,8-10H,4-7H2,1H3,(H,20,21,23). The van der Waals surface area contributed by atoms with Gasteiger partial charge in [0.15, 0.2) is 5.13 Å². The second-order valence-electron chi connectivity index (χ2n) is 6.10. The number of rotatable bonds is 3. The van der Waals surface area contributed by atoms with Gasteiger partial charge in [0.25, 0.3) is 11.8 Å². The number of piperidine rings is 1. The molecule has 3 rings (SSSR count). The van der Waals surface area contributed by atoms with Crippen LogP contribution in [0.25, 0.3) is 0 Å². The normalized spacial score (nSPS) is 15.2. The van der Waals surface area contributed by atoms with Crippen LogP contribution in [0.2, 0.25) is 10.0 Å². The van der Waals surface area contributed by atoms with Crippen molar-refractivity contribution in [3.8, 4) is 0 Å². The molecule has 2 aromatic rings. The van der Waals surface area contributed by atoms with Crippen molar-refractivity contribution in [3.05, 3.63) is 44.9 Å². The van der Waals surface area contributed by atoms with Crippen LogP contribution >= 0.6 is 34.5 Å². The summed E-state index contributed by atoms with van der Waals surface area (Å²) in [6.45, 7) is 3.70. The lowest BCUT2D eigenvalue weighted by Crippen LogP contribution is -2.38. The number of nitrogens with zero attached hydrogens (tertiary/aromatic N) is 2. The van der Waals surface area contributed by atoms with Crippen LogP contribution in [0.5, 0.6) is 0 Å². The Bertz CT molecular complexity index is 801. The molecule has 1 saturated heterocycles. The highest BCUT2D eigenvalue weighted by molar-refractivity contribution is 7.14. The van der Waals surface area contributed by atoms with Gasteiger partial charge in [-0.1, -0.05) is 30.1 Å². The number of likely N-dealkylation sites (tertiary alicyclic amines) is 1. The summed E-state index contributed by atoms with van der Waals surface area (Å²) >= 11 is 13.0. The Morgan fingerprint density at radius 2 is 1.96 bits per heavy atom. The molecule has 0 spiro atoms. The van der Waals surface area contributed by atoms with Crippen molar-refractivity contribution in [1.82, 2.24) is 9.88 Å². The minimum atomic E-state index is -0.348. The summed E-state index contributed by atoms with van der Waals surface area (Å²) < 4.78 is 0. The quantitative estimate of drug-likeness (QED) is 0.824. The van der Waals surface area contributed by atoms with E-state index in [0.717, 1.165) is 25.9 Å². The number of hydrogen-bond donors (Lipinski definition) is 1. The molecule has 2 heterocycles. The number of hydrogen-bond acceptors (Lipinski definition) is 4. The third-order valence-corrected chi connectivity index (χ3v) is 5.69. The Hall–Kier alpha value is -1.63. The van der Waals surface area contributed by atoms with E-state index in [1.165, 1.54) is 17.4 Å². The fraction of sp³-hybridized carbons (Fsp3) is 0.353. The molecule has 1 aromatic heterocycles. The molecule has 132 valence electrons. The molecule has 2 amide bonds. The first-order valence-electron chi connectivity index (χ1n) is 7.95. The molecular weight excluding hydrogens is 381 g/mol. The predicted octanol–water partition coefficient (Wildman–Crippen LogP) is 4.57. The largest absolute Gasteiger partial charge is 0.337 e. The van der Waals surface area contributed by atoms with Gasteiger partial charge in [-0.25, -0.2) is 4.98 Å². The van der Waals surface area contributed by atoms with Crippen LogP contribution < -0.4 is 5.32 Å². The highest BCUT2D eigenvalue weighted by Crippen LogP contribution is 2.24. The van der Waals surface area contributed by atoms with Crippen molar-refractivity contribution in [2.45, 2.75) is 19.8 Å². The lowest BCUT2D eigenvalue weighted by atomic mass is 9.99. The lowest BCUT2D eigenvalue weighted by Gasteiger charge is -2.29. The number of anilines is 1. The SMILES string of the molecule is CC1CCN(C(=O)c2csc(NC(=O)c3ccc(Cl)c(Cl)c3)n2)CC1. The molecular formula is C17H17Cl2N3O2S. The first-order chi connectivity index (χ1) is 11.9. The monoisotopic (exact) mass is 397 g/mol. The van der Waals surface area contributed by atoms with Gasteiger partial charge in [0.05, 0.1) is 10.0 Å². The van der Waals surface area contributed by atoms with E-state index >= 15 is 0 Å². The van der Waals surface area contributed by atoms with E-state index in [2.05, 4.69) is 17.2 Å². The van der Waals surface area contributed by atoms with Crippen molar-refractivity contribution >= 4 is 51.5 Å². The number of halogens is 2. The van der Waals surface area contributed by atoms with Crippen LogP contribution in [0.4, 0.5) is 5.13 Å². The maximum Gasteiger partial charge on any atom is 0.273 e. The van der Waals surface area contributed by atoms with Gasteiger partial charge in [-0.15, -0.1) is 11.3 Å². The Balaban J connectivity index is 1.66. The van der Waals surface area contributed by atoms with Crippen molar-refractivity contribution in [2.75, 3.05) is 18.4 Å². The minimum Gasteiger partial charge on any atom is -0.337 e. The van der Waals surface area contributed by atoms with Crippen LogP contribution in [0.3, 0.4) is 0 Å². The lowest BCUT2D eigenvalue weighted by molar-refractivity contribution is 0.0692. The summed E-state index contributed by atoms with van der Waals surface area (Å²) in [5.41, 5.74) is 0.742. The molecule has 0 radical (unpaired) electrons.